The minimum absolute atomic E-state index is 0.0322. The van der Waals surface area contributed by atoms with Gasteiger partial charge in [-0.2, -0.15) is 36.7 Å². The second-order valence-corrected chi connectivity index (χ2v) is 10.7. The summed E-state index contributed by atoms with van der Waals surface area (Å²) in [7, 11) is 0. The Hall–Kier alpha value is -4.26. The predicted molar refractivity (Wildman–Crippen MR) is 136 cm³/mol. The number of hydrogen-bond donors (Lipinski definition) is 2. The topological polar surface area (TPSA) is 122 Å². The lowest BCUT2D eigenvalue weighted by Crippen LogP contribution is -2.50. The number of halogens is 6. The van der Waals surface area contributed by atoms with Crippen LogP contribution in [-0.4, -0.2) is 57.2 Å². The van der Waals surface area contributed by atoms with Crippen molar-refractivity contribution in [3.8, 4) is 17.6 Å². The first kappa shape index (κ1) is 29.2. The molecule has 0 fully saturated rings. The lowest BCUT2D eigenvalue weighted by Gasteiger charge is -2.35. The standard InChI is InChI=1S/C26H20F6N6O3S/c27-25(28,29)13-41-16-2-3-17-15(9-16)5-6-24(17)10-18-20(22(39)36-24)21(23(40)34-7-8-42-26(30,31)32)38(37-18)19-4-1-14(11-33)12-35-19/h1-4,9,12H,5-8,10,13H2,(H,34,40)(H,36,39)/t24-/m0/s1. The Morgan fingerprint density at radius 1 is 1.21 bits per heavy atom. The second kappa shape index (κ2) is 10.9. The fraction of sp³-hybridized carbons (Fsp3) is 0.346. The fourth-order valence-corrected chi connectivity index (χ4v) is 5.53. The quantitative estimate of drug-likeness (QED) is 0.304. The molecule has 2 aromatic heterocycles. The number of rotatable bonds is 7. The molecule has 1 atom stereocenters. The molecule has 0 bridgehead atoms. The van der Waals surface area contributed by atoms with E-state index >= 15 is 0 Å². The molecule has 1 aromatic carbocycles. The van der Waals surface area contributed by atoms with Crippen LogP contribution in [0.2, 0.25) is 0 Å². The minimum atomic E-state index is -4.50. The van der Waals surface area contributed by atoms with E-state index in [9.17, 15) is 35.9 Å². The zero-order valence-corrected chi connectivity index (χ0v) is 22.2. The first-order valence-corrected chi connectivity index (χ1v) is 13.4. The van der Waals surface area contributed by atoms with Crippen molar-refractivity contribution < 1.29 is 40.7 Å². The van der Waals surface area contributed by atoms with Gasteiger partial charge in [-0.15, -0.1) is 0 Å². The summed E-state index contributed by atoms with van der Waals surface area (Å²) in [5.41, 5.74) is -3.94. The molecule has 0 radical (unpaired) electrons. The molecule has 5 rings (SSSR count). The Balaban J connectivity index is 1.48. The summed E-state index contributed by atoms with van der Waals surface area (Å²) in [5, 5.41) is 18.9. The van der Waals surface area contributed by atoms with Crippen LogP contribution in [0.4, 0.5) is 26.3 Å². The maximum Gasteiger partial charge on any atom is 0.441 e. The number of carbonyl (C=O) groups excluding carboxylic acids is 2. The van der Waals surface area contributed by atoms with Crippen molar-refractivity contribution >= 4 is 23.6 Å². The molecule has 3 heterocycles. The number of nitrogens with one attached hydrogen (secondary N) is 2. The molecular weight excluding hydrogens is 590 g/mol. The molecule has 16 heteroatoms. The van der Waals surface area contributed by atoms with E-state index in [1.54, 1.807) is 6.07 Å². The number of ether oxygens (including phenoxy) is 1. The van der Waals surface area contributed by atoms with E-state index in [1.165, 1.54) is 30.5 Å². The molecule has 0 unspecified atom stereocenters. The zero-order chi connectivity index (χ0) is 30.3. The van der Waals surface area contributed by atoms with Crippen LogP contribution in [0.5, 0.6) is 5.75 Å². The van der Waals surface area contributed by atoms with Crippen LogP contribution in [0.25, 0.3) is 5.82 Å². The van der Waals surface area contributed by atoms with E-state index in [1.807, 2.05) is 6.07 Å². The number of alkyl halides is 6. The summed E-state index contributed by atoms with van der Waals surface area (Å²) in [6.45, 7) is -1.79. The maximum atomic E-state index is 13.6. The van der Waals surface area contributed by atoms with Crippen molar-refractivity contribution in [2.24, 2.45) is 0 Å². The van der Waals surface area contributed by atoms with Crippen molar-refractivity contribution in [2.75, 3.05) is 18.9 Å². The number of aryl methyl sites for hydroxylation is 1. The third-order valence-corrected chi connectivity index (χ3v) is 7.52. The summed E-state index contributed by atoms with van der Waals surface area (Å²) >= 11 is -0.306. The van der Waals surface area contributed by atoms with Gasteiger partial charge in [0.25, 0.3) is 11.8 Å². The molecule has 0 saturated carbocycles. The van der Waals surface area contributed by atoms with Gasteiger partial charge in [0.2, 0.25) is 0 Å². The molecule has 42 heavy (non-hydrogen) atoms. The van der Waals surface area contributed by atoms with Crippen molar-refractivity contribution in [2.45, 2.75) is 36.5 Å². The highest BCUT2D eigenvalue weighted by Crippen LogP contribution is 2.44. The third-order valence-electron chi connectivity index (χ3n) is 6.79. The molecule has 2 N–H and O–H groups in total. The first-order chi connectivity index (χ1) is 19.8. The van der Waals surface area contributed by atoms with Crippen LogP contribution < -0.4 is 15.4 Å². The number of fused-ring (bicyclic) bond motifs is 3. The molecule has 0 saturated heterocycles. The summed E-state index contributed by atoms with van der Waals surface area (Å²) in [4.78, 5) is 30.9. The molecule has 9 nitrogen and oxygen atoms in total. The Labute approximate surface area is 238 Å². The van der Waals surface area contributed by atoms with Gasteiger partial charge in [0.05, 0.1) is 22.4 Å². The number of carbonyl (C=O) groups is 2. The summed E-state index contributed by atoms with van der Waals surface area (Å²) < 4.78 is 81.4. The highest BCUT2D eigenvalue weighted by Gasteiger charge is 2.47. The fourth-order valence-electron chi connectivity index (χ4n) is 5.10. The van der Waals surface area contributed by atoms with E-state index in [-0.39, 0.29) is 58.8 Å². The van der Waals surface area contributed by atoms with Crippen LogP contribution in [0, 0.1) is 11.3 Å². The van der Waals surface area contributed by atoms with Gasteiger partial charge < -0.3 is 15.4 Å². The van der Waals surface area contributed by atoms with Gasteiger partial charge in [0.15, 0.2) is 12.4 Å². The highest BCUT2D eigenvalue weighted by molar-refractivity contribution is 8.00. The molecule has 1 aliphatic heterocycles. The van der Waals surface area contributed by atoms with E-state index in [0.717, 1.165) is 4.68 Å². The highest BCUT2D eigenvalue weighted by atomic mass is 32.2. The van der Waals surface area contributed by atoms with Crippen molar-refractivity contribution in [3.63, 3.8) is 0 Å². The molecule has 1 spiro atoms. The average Bonchev–Trinajstić information content (AvgIpc) is 3.48. The van der Waals surface area contributed by atoms with E-state index < -0.39 is 41.4 Å². The normalized spacial score (nSPS) is 17.8. The minimum Gasteiger partial charge on any atom is -0.484 e. The Kier molecular flexibility index (Phi) is 7.56. The monoisotopic (exact) mass is 610 g/mol. The first-order valence-electron chi connectivity index (χ1n) is 12.4. The number of aromatic nitrogens is 3. The molecule has 220 valence electrons. The van der Waals surface area contributed by atoms with E-state index in [0.29, 0.717) is 24.0 Å². The lowest BCUT2D eigenvalue weighted by molar-refractivity contribution is -0.153. The Morgan fingerprint density at radius 2 is 2.00 bits per heavy atom. The summed E-state index contributed by atoms with van der Waals surface area (Å²) in [6, 6.07) is 9.22. The number of amides is 2. The van der Waals surface area contributed by atoms with Gasteiger partial charge in [-0.1, -0.05) is 6.07 Å². The Bertz CT molecular complexity index is 1580. The van der Waals surface area contributed by atoms with Crippen LogP contribution in [0.1, 0.15) is 49.7 Å². The molecule has 3 aromatic rings. The van der Waals surface area contributed by atoms with Crippen LogP contribution in [0.15, 0.2) is 36.5 Å². The SMILES string of the molecule is N#Cc1ccc(-n2nc3c(c2C(=O)NCCSC(F)(F)F)C(=O)N[C@@]2(CCc4cc(OCC(F)(F)F)ccc42)C3)nc1. The van der Waals surface area contributed by atoms with Gasteiger partial charge in [-0.3, -0.25) is 9.59 Å². The average molecular weight is 611 g/mol. The van der Waals surface area contributed by atoms with Gasteiger partial charge >= 0.3 is 11.7 Å². The molecule has 2 aliphatic rings. The van der Waals surface area contributed by atoms with Crippen LogP contribution >= 0.6 is 11.8 Å². The number of nitriles is 1. The van der Waals surface area contributed by atoms with E-state index in [4.69, 9.17) is 10.00 Å². The molecular formula is C26H20F6N6O3S. The van der Waals surface area contributed by atoms with Gasteiger partial charge in [-0.05, 0) is 60.0 Å². The second-order valence-electron chi connectivity index (χ2n) is 9.58. The van der Waals surface area contributed by atoms with Gasteiger partial charge in [-0.25, -0.2) is 9.67 Å². The Morgan fingerprint density at radius 3 is 2.67 bits per heavy atom. The predicted octanol–water partition coefficient (Wildman–Crippen LogP) is 4.19. The van der Waals surface area contributed by atoms with Crippen LogP contribution in [-0.2, 0) is 18.4 Å². The number of nitrogens with zero attached hydrogens (tertiary/aromatic N) is 4. The number of thioether (sulfide) groups is 1. The van der Waals surface area contributed by atoms with Gasteiger partial charge in [0.1, 0.15) is 17.5 Å². The van der Waals surface area contributed by atoms with Crippen molar-refractivity contribution in [1.82, 2.24) is 25.4 Å². The van der Waals surface area contributed by atoms with Crippen molar-refractivity contribution in [3.05, 3.63) is 70.2 Å². The lowest BCUT2D eigenvalue weighted by atomic mass is 9.82. The smallest absolute Gasteiger partial charge is 0.441 e. The largest absolute Gasteiger partial charge is 0.484 e. The number of pyridine rings is 1. The summed E-state index contributed by atoms with van der Waals surface area (Å²) in [5.74, 6) is -1.83. The summed E-state index contributed by atoms with van der Waals surface area (Å²) in [6.07, 6.45) is -2.31. The van der Waals surface area contributed by atoms with E-state index in [2.05, 4.69) is 20.7 Å². The number of benzene rings is 1. The zero-order valence-electron chi connectivity index (χ0n) is 21.4. The van der Waals surface area contributed by atoms with Crippen LogP contribution in [0.3, 0.4) is 0 Å². The molecule has 2 amide bonds. The van der Waals surface area contributed by atoms with Gasteiger partial charge in [0, 0.05) is 24.9 Å². The number of hydrogen-bond acceptors (Lipinski definition) is 7. The van der Waals surface area contributed by atoms with Crippen molar-refractivity contribution in [1.29, 1.82) is 5.26 Å². The third kappa shape index (κ3) is 6.01. The molecule has 1 aliphatic carbocycles. The maximum absolute atomic E-state index is 13.6.